The van der Waals surface area contributed by atoms with Gasteiger partial charge in [0.05, 0.1) is 45.8 Å². The van der Waals surface area contributed by atoms with E-state index in [1.165, 1.54) is 0 Å². The molecule has 0 unspecified atom stereocenters. The number of nitrogens with zero attached hydrogens (tertiary/aromatic N) is 1. The monoisotopic (exact) mass is 648 g/mol. The standard InChI is InChI=1S/C30H25F10NO3/c1-14(2)24-22(31)7-8-23(43-4)25(24)21-6-5-18(28(32,33)34)11-17(21)13-41-15(3)26(44-27(41)42)16-9-19(29(35,36)37)12-20(10-16)30(38,39)40/h5-12,14-15,26H,13H2,1-4H3/t15-,26-/m0/s1/i3D3,4D3,13D2,14D,15D,26D. The van der Waals surface area contributed by atoms with E-state index in [9.17, 15) is 44.3 Å². The van der Waals surface area contributed by atoms with Crippen LogP contribution in [0.4, 0.5) is 48.7 Å². The summed E-state index contributed by atoms with van der Waals surface area (Å²) in [6, 6.07) is -3.71. The van der Waals surface area contributed by atoms with E-state index in [-0.39, 0.29) is 24.3 Å². The van der Waals surface area contributed by atoms with E-state index < -0.39 is 130 Å². The average Bonchev–Trinajstić information content (AvgIpc) is 3.21. The first-order chi connectivity index (χ1) is 24.4. The van der Waals surface area contributed by atoms with Crippen molar-refractivity contribution in [2.75, 3.05) is 7.04 Å². The number of carbonyl (C=O) groups is 1. The summed E-state index contributed by atoms with van der Waals surface area (Å²) in [5, 5.41) is 0. The number of hydrogen-bond donors (Lipinski definition) is 0. The predicted octanol–water partition coefficient (Wildman–Crippen LogP) is 9.76. The van der Waals surface area contributed by atoms with Crippen molar-refractivity contribution in [3.8, 4) is 16.9 Å². The fourth-order valence-electron chi connectivity index (χ4n) is 4.31. The van der Waals surface area contributed by atoms with Crippen molar-refractivity contribution in [1.29, 1.82) is 0 Å². The number of cyclic esters (lactones) is 1. The third-order valence-electron chi connectivity index (χ3n) is 6.24. The summed E-state index contributed by atoms with van der Waals surface area (Å²) in [6.07, 6.45) is -23.4. The van der Waals surface area contributed by atoms with E-state index in [0.29, 0.717) is 18.2 Å². The van der Waals surface area contributed by atoms with Gasteiger partial charge in [-0.25, -0.2) is 9.18 Å². The van der Waals surface area contributed by atoms with E-state index in [4.69, 9.17) is 19.8 Å². The summed E-state index contributed by atoms with van der Waals surface area (Å²) in [6.45, 7) is -6.63. The maximum absolute atomic E-state index is 15.5. The van der Waals surface area contributed by atoms with E-state index in [0.717, 1.165) is 13.8 Å². The van der Waals surface area contributed by atoms with Crippen LogP contribution in [0.15, 0.2) is 48.5 Å². The van der Waals surface area contributed by atoms with Crippen LogP contribution < -0.4 is 4.74 Å². The molecule has 0 N–H and O–H groups in total. The highest BCUT2D eigenvalue weighted by Crippen LogP contribution is 2.45. The lowest BCUT2D eigenvalue weighted by atomic mass is 9.88. The zero-order valence-electron chi connectivity index (χ0n) is 33.1. The molecule has 0 spiro atoms. The lowest BCUT2D eigenvalue weighted by molar-refractivity contribution is -0.143. The number of rotatable bonds is 6. The minimum absolute atomic E-state index is 0.0940. The van der Waals surface area contributed by atoms with Gasteiger partial charge in [-0.3, -0.25) is 4.90 Å². The second-order valence-electron chi connectivity index (χ2n) is 9.44. The van der Waals surface area contributed by atoms with Crippen molar-refractivity contribution in [3.05, 3.63) is 87.7 Å². The Labute approximate surface area is 260 Å². The fourth-order valence-corrected chi connectivity index (χ4v) is 4.31. The van der Waals surface area contributed by atoms with E-state index in [2.05, 4.69) is 4.74 Å². The van der Waals surface area contributed by atoms with Crippen LogP contribution in [0.2, 0.25) is 0 Å². The van der Waals surface area contributed by atoms with E-state index >= 15 is 4.39 Å². The van der Waals surface area contributed by atoms with Crippen molar-refractivity contribution < 1.29 is 73.3 Å². The first-order valence-electron chi connectivity index (χ1n) is 17.5. The predicted molar refractivity (Wildman–Crippen MR) is 138 cm³/mol. The molecule has 3 aromatic rings. The molecule has 238 valence electrons. The molecular formula is C30H25F10NO3. The van der Waals surface area contributed by atoms with Gasteiger partial charge in [0.2, 0.25) is 0 Å². The first kappa shape index (κ1) is 20.9. The van der Waals surface area contributed by atoms with Crippen LogP contribution in [0.1, 0.15) is 81.1 Å². The molecule has 2 atom stereocenters. The van der Waals surface area contributed by atoms with Gasteiger partial charge in [-0.1, -0.05) is 19.9 Å². The highest BCUT2D eigenvalue weighted by atomic mass is 19.4. The maximum atomic E-state index is 15.5. The van der Waals surface area contributed by atoms with Crippen LogP contribution in [0.5, 0.6) is 5.75 Å². The Hall–Kier alpha value is -3.97. The molecule has 14 heteroatoms. The number of hydrogen-bond acceptors (Lipinski definition) is 3. The maximum Gasteiger partial charge on any atom is 0.416 e. The van der Waals surface area contributed by atoms with Crippen LogP contribution in [-0.4, -0.2) is 24.0 Å². The molecule has 1 saturated heterocycles. The number of methoxy groups -OCH3 is 1. The molecule has 0 radical (unpaired) electrons. The van der Waals surface area contributed by atoms with Gasteiger partial charge >= 0.3 is 24.6 Å². The number of amides is 1. The van der Waals surface area contributed by atoms with Crippen LogP contribution in [0.3, 0.4) is 0 Å². The number of benzene rings is 3. The van der Waals surface area contributed by atoms with Crippen LogP contribution in [0, 0.1) is 5.82 Å². The summed E-state index contributed by atoms with van der Waals surface area (Å²) in [5.41, 5.74) is -12.3. The topological polar surface area (TPSA) is 38.8 Å². The number of alkyl halides is 9. The lowest BCUT2D eigenvalue weighted by Crippen LogP contribution is -2.32. The molecular weight excluding hydrogens is 612 g/mol. The summed E-state index contributed by atoms with van der Waals surface area (Å²) < 4.78 is 242. The summed E-state index contributed by atoms with van der Waals surface area (Å²) in [7, 11) is -3.41. The highest BCUT2D eigenvalue weighted by Gasteiger charge is 2.44. The van der Waals surface area contributed by atoms with Crippen molar-refractivity contribution in [2.24, 2.45) is 0 Å². The van der Waals surface area contributed by atoms with Gasteiger partial charge in [0.15, 0.2) is 0 Å². The van der Waals surface area contributed by atoms with Gasteiger partial charge in [-0.05, 0) is 71.9 Å². The Morgan fingerprint density at radius 3 is 2.09 bits per heavy atom. The molecule has 1 aliphatic heterocycles. The van der Waals surface area contributed by atoms with E-state index in [1.54, 1.807) is 0 Å². The quantitative estimate of drug-likeness (QED) is 0.250. The van der Waals surface area contributed by atoms with Crippen molar-refractivity contribution >= 4 is 6.09 Å². The smallest absolute Gasteiger partial charge is 0.416 e. The van der Waals surface area contributed by atoms with Crippen LogP contribution >= 0.6 is 0 Å². The lowest BCUT2D eigenvalue weighted by Gasteiger charge is -2.25. The third kappa shape index (κ3) is 6.43. The minimum atomic E-state index is -5.65. The summed E-state index contributed by atoms with van der Waals surface area (Å²) in [5.74, 6) is -4.45. The molecule has 1 amide bonds. The fraction of sp³-hybridized carbons (Fsp3) is 0.367. The highest BCUT2D eigenvalue weighted by molar-refractivity contribution is 5.79. The first-order valence-corrected chi connectivity index (χ1v) is 12.0. The van der Waals surface area contributed by atoms with Gasteiger partial charge in [0.1, 0.15) is 17.6 Å². The Morgan fingerprint density at radius 1 is 0.955 bits per heavy atom. The number of ether oxygens (including phenoxy) is 2. The van der Waals surface area contributed by atoms with E-state index in [1.807, 2.05) is 0 Å². The Bertz CT molecular complexity index is 1980. The normalized spacial score (nSPS) is 26.0. The summed E-state index contributed by atoms with van der Waals surface area (Å²) >= 11 is 0. The van der Waals surface area contributed by atoms with Gasteiger partial charge in [-0.15, -0.1) is 0 Å². The molecule has 0 saturated carbocycles. The molecule has 0 bridgehead atoms. The van der Waals surface area contributed by atoms with Gasteiger partial charge in [0, 0.05) is 16.6 Å². The molecule has 3 aromatic carbocycles. The largest absolute Gasteiger partial charge is 0.496 e. The molecule has 4 nitrogen and oxygen atoms in total. The molecule has 1 heterocycles. The Balaban J connectivity index is 2.19. The summed E-state index contributed by atoms with van der Waals surface area (Å²) in [4.78, 5) is 12.8. The molecule has 1 aliphatic rings. The molecule has 0 aliphatic carbocycles. The zero-order valence-corrected chi connectivity index (χ0v) is 22.1. The number of halogens is 10. The second kappa shape index (κ2) is 11.5. The van der Waals surface area contributed by atoms with Crippen molar-refractivity contribution in [3.63, 3.8) is 0 Å². The number of carbonyl (C=O) groups excluding carboxylic acids is 1. The Kier molecular flexibility index (Phi) is 5.46. The molecule has 4 rings (SSSR count). The molecule has 44 heavy (non-hydrogen) atoms. The molecule has 0 aromatic heterocycles. The van der Waals surface area contributed by atoms with Gasteiger partial charge in [0.25, 0.3) is 0 Å². The van der Waals surface area contributed by atoms with Crippen molar-refractivity contribution in [1.82, 2.24) is 4.90 Å². The van der Waals surface area contributed by atoms with Crippen molar-refractivity contribution in [2.45, 2.75) is 63.7 Å². The third-order valence-corrected chi connectivity index (χ3v) is 6.24. The van der Waals surface area contributed by atoms with Gasteiger partial charge < -0.3 is 9.47 Å². The van der Waals surface area contributed by atoms with Gasteiger partial charge in [-0.2, -0.15) is 39.5 Å². The minimum Gasteiger partial charge on any atom is -0.496 e. The zero-order chi connectivity index (χ0) is 42.5. The second-order valence-corrected chi connectivity index (χ2v) is 9.44. The SMILES string of the molecule is [2H]C([2H])([2H])Oc1ccc(F)c(C([2H])(C)C)c1-c1ccc(C(F)(F)F)cc1C([2H])([2H])N1C(=O)O[C@]([2H])(c2cc(C(F)(F)F)cc(C(F)(F)F)c2)[C@]1([2H])C([2H])([2H])[2H]. The van der Waals surface area contributed by atoms with Crippen LogP contribution in [0.25, 0.3) is 11.1 Å². The average molecular weight is 649 g/mol. The molecule has 1 fully saturated rings. The van der Waals surface area contributed by atoms with Crippen LogP contribution in [-0.2, 0) is 29.8 Å². The Morgan fingerprint density at radius 2 is 1.57 bits per heavy atom.